The van der Waals surface area contributed by atoms with Crippen molar-refractivity contribution in [2.24, 2.45) is 0 Å². The molecule has 3 heteroatoms. The van der Waals surface area contributed by atoms with Crippen LogP contribution in [0.25, 0.3) is 0 Å². The summed E-state index contributed by atoms with van der Waals surface area (Å²) in [6.07, 6.45) is 1.18. The standard InChI is InChI=1S/C18H20FNO/c1-13-3-5-15(6-4-13)7-12-18(21)20-14(2)16-8-10-17(19)11-9-16/h3-6,8-11,14H,7,12H2,1-2H3,(H,20,21)/t14-/m0/s1. The summed E-state index contributed by atoms with van der Waals surface area (Å²) in [5.41, 5.74) is 3.28. The lowest BCUT2D eigenvalue weighted by molar-refractivity contribution is -0.121. The zero-order valence-corrected chi connectivity index (χ0v) is 12.4. The Balaban J connectivity index is 1.83. The lowest BCUT2D eigenvalue weighted by Crippen LogP contribution is -2.26. The average Bonchev–Trinajstić information content (AvgIpc) is 2.47. The van der Waals surface area contributed by atoms with Crippen molar-refractivity contribution in [1.29, 1.82) is 0 Å². The molecule has 0 unspecified atom stereocenters. The van der Waals surface area contributed by atoms with Gasteiger partial charge in [0.1, 0.15) is 5.82 Å². The van der Waals surface area contributed by atoms with Crippen LogP contribution in [0.15, 0.2) is 48.5 Å². The third kappa shape index (κ3) is 4.71. The van der Waals surface area contributed by atoms with Gasteiger partial charge in [-0.1, -0.05) is 42.0 Å². The average molecular weight is 285 g/mol. The third-order valence-electron chi connectivity index (χ3n) is 3.51. The number of carbonyl (C=O) groups excluding carboxylic acids is 1. The molecular weight excluding hydrogens is 265 g/mol. The second kappa shape index (κ2) is 7.02. The van der Waals surface area contributed by atoms with Crippen LogP contribution >= 0.6 is 0 Å². The summed E-state index contributed by atoms with van der Waals surface area (Å²) in [5.74, 6) is -0.260. The molecule has 0 aliphatic carbocycles. The highest BCUT2D eigenvalue weighted by Crippen LogP contribution is 2.13. The number of halogens is 1. The summed E-state index contributed by atoms with van der Waals surface area (Å²) in [4.78, 5) is 11.9. The number of rotatable bonds is 5. The topological polar surface area (TPSA) is 29.1 Å². The first kappa shape index (κ1) is 15.2. The molecule has 1 atom stereocenters. The van der Waals surface area contributed by atoms with Crippen molar-refractivity contribution in [2.75, 3.05) is 0 Å². The Morgan fingerprint density at radius 3 is 2.33 bits per heavy atom. The molecule has 2 rings (SSSR count). The molecular formula is C18H20FNO. The molecule has 110 valence electrons. The van der Waals surface area contributed by atoms with Crippen LogP contribution in [0, 0.1) is 12.7 Å². The van der Waals surface area contributed by atoms with Crippen LogP contribution in [0.1, 0.15) is 36.1 Å². The molecule has 0 saturated heterocycles. The molecule has 0 heterocycles. The van der Waals surface area contributed by atoms with Gasteiger partial charge in [-0.15, -0.1) is 0 Å². The van der Waals surface area contributed by atoms with E-state index >= 15 is 0 Å². The first-order valence-corrected chi connectivity index (χ1v) is 7.15. The van der Waals surface area contributed by atoms with E-state index in [1.807, 2.05) is 38.1 Å². The van der Waals surface area contributed by atoms with E-state index in [1.54, 1.807) is 12.1 Å². The van der Waals surface area contributed by atoms with Crippen molar-refractivity contribution in [3.8, 4) is 0 Å². The maximum Gasteiger partial charge on any atom is 0.220 e. The van der Waals surface area contributed by atoms with Gasteiger partial charge in [-0.3, -0.25) is 4.79 Å². The van der Waals surface area contributed by atoms with Crippen molar-refractivity contribution in [2.45, 2.75) is 32.7 Å². The Labute approximate surface area is 125 Å². The fraction of sp³-hybridized carbons (Fsp3) is 0.278. The number of hydrogen-bond acceptors (Lipinski definition) is 1. The van der Waals surface area contributed by atoms with Crippen LogP contribution in [0.3, 0.4) is 0 Å². The van der Waals surface area contributed by atoms with E-state index in [1.165, 1.54) is 17.7 Å². The van der Waals surface area contributed by atoms with Gasteiger partial charge in [-0.05, 0) is 43.5 Å². The van der Waals surface area contributed by atoms with E-state index in [0.29, 0.717) is 6.42 Å². The highest BCUT2D eigenvalue weighted by atomic mass is 19.1. The van der Waals surface area contributed by atoms with Gasteiger partial charge in [-0.2, -0.15) is 0 Å². The van der Waals surface area contributed by atoms with E-state index in [-0.39, 0.29) is 17.8 Å². The molecule has 0 spiro atoms. The van der Waals surface area contributed by atoms with E-state index in [9.17, 15) is 9.18 Å². The largest absolute Gasteiger partial charge is 0.350 e. The van der Waals surface area contributed by atoms with E-state index in [2.05, 4.69) is 5.32 Å². The first-order chi connectivity index (χ1) is 10.0. The molecule has 2 aromatic carbocycles. The van der Waals surface area contributed by atoms with Gasteiger partial charge >= 0.3 is 0 Å². The van der Waals surface area contributed by atoms with Crippen molar-refractivity contribution >= 4 is 5.91 Å². The van der Waals surface area contributed by atoms with Crippen LogP contribution in [-0.2, 0) is 11.2 Å². The molecule has 0 saturated carbocycles. The van der Waals surface area contributed by atoms with Gasteiger partial charge in [0.15, 0.2) is 0 Å². The Kier molecular flexibility index (Phi) is 5.09. The van der Waals surface area contributed by atoms with Gasteiger partial charge < -0.3 is 5.32 Å². The number of hydrogen-bond donors (Lipinski definition) is 1. The smallest absolute Gasteiger partial charge is 0.220 e. The maximum atomic E-state index is 12.9. The Bertz CT molecular complexity index is 590. The molecule has 1 amide bonds. The van der Waals surface area contributed by atoms with Crippen molar-refractivity contribution in [3.05, 3.63) is 71.0 Å². The first-order valence-electron chi connectivity index (χ1n) is 7.15. The number of aryl methyl sites for hydroxylation is 2. The van der Waals surface area contributed by atoms with Crippen LogP contribution in [0.2, 0.25) is 0 Å². The fourth-order valence-corrected chi connectivity index (χ4v) is 2.16. The zero-order chi connectivity index (χ0) is 15.2. The Hall–Kier alpha value is -2.16. The number of benzene rings is 2. The quantitative estimate of drug-likeness (QED) is 0.885. The van der Waals surface area contributed by atoms with Gasteiger partial charge in [0.05, 0.1) is 6.04 Å². The lowest BCUT2D eigenvalue weighted by atomic mass is 10.1. The van der Waals surface area contributed by atoms with Crippen LogP contribution < -0.4 is 5.32 Å². The molecule has 0 fully saturated rings. The number of amides is 1. The minimum atomic E-state index is -0.267. The van der Waals surface area contributed by atoms with Crippen LogP contribution in [0.4, 0.5) is 4.39 Å². The van der Waals surface area contributed by atoms with Gasteiger partial charge in [0.25, 0.3) is 0 Å². The van der Waals surface area contributed by atoms with Gasteiger partial charge in [-0.25, -0.2) is 4.39 Å². The van der Waals surface area contributed by atoms with Crippen molar-refractivity contribution < 1.29 is 9.18 Å². The third-order valence-corrected chi connectivity index (χ3v) is 3.51. The molecule has 21 heavy (non-hydrogen) atoms. The van der Waals surface area contributed by atoms with Crippen molar-refractivity contribution in [3.63, 3.8) is 0 Å². The molecule has 0 bridgehead atoms. The second-order valence-corrected chi connectivity index (χ2v) is 5.33. The summed E-state index contributed by atoms with van der Waals surface area (Å²) >= 11 is 0. The molecule has 0 radical (unpaired) electrons. The highest BCUT2D eigenvalue weighted by Gasteiger charge is 2.09. The van der Waals surface area contributed by atoms with Crippen LogP contribution in [0.5, 0.6) is 0 Å². The zero-order valence-electron chi connectivity index (χ0n) is 12.4. The summed E-state index contributed by atoms with van der Waals surface area (Å²) in [7, 11) is 0. The SMILES string of the molecule is Cc1ccc(CCC(=O)N[C@@H](C)c2ccc(F)cc2)cc1. The maximum absolute atomic E-state index is 12.9. The molecule has 0 aromatic heterocycles. The predicted octanol–water partition coefficient (Wildman–Crippen LogP) is 3.94. The summed E-state index contributed by atoms with van der Waals surface area (Å²) in [6.45, 7) is 3.94. The molecule has 2 aromatic rings. The van der Waals surface area contributed by atoms with Gasteiger partial charge in [0, 0.05) is 6.42 Å². The minimum Gasteiger partial charge on any atom is -0.350 e. The van der Waals surface area contributed by atoms with E-state index in [4.69, 9.17) is 0 Å². The predicted molar refractivity (Wildman–Crippen MR) is 82.5 cm³/mol. The summed E-state index contributed by atoms with van der Waals surface area (Å²) < 4.78 is 12.9. The van der Waals surface area contributed by atoms with E-state index < -0.39 is 0 Å². The highest BCUT2D eigenvalue weighted by molar-refractivity contribution is 5.76. The molecule has 1 N–H and O–H groups in total. The van der Waals surface area contributed by atoms with Gasteiger partial charge in [0.2, 0.25) is 5.91 Å². The lowest BCUT2D eigenvalue weighted by Gasteiger charge is -2.14. The Morgan fingerprint density at radius 1 is 1.10 bits per heavy atom. The number of carbonyl (C=O) groups is 1. The molecule has 0 aliphatic rings. The van der Waals surface area contributed by atoms with E-state index in [0.717, 1.165) is 17.5 Å². The second-order valence-electron chi connectivity index (χ2n) is 5.33. The summed E-state index contributed by atoms with van der Waals surface area (Å²) in [5, 5.41) is 2.94. The number of nitrogens with one attached hydrogen (secondary N) is 1. The van der Waals surface area contributed by atoms with Crippen molar-refractivity contribution in [1.82, 2.24) is 5.32 Å². The minimum absolute atomic E-state index is 0.00685. The monoisotopic (exact) mass is 285 g/mol. The van der Waals surface area contributed by atoms with Crippen LogP contribution in [-0.4, -0.2) is 5.91 Å². The summed E-state index contributed by atoms with van der Waals surface area (Å²) in [6, 6.07) is 14.3. The fourth-order valence-electron chi connectivity index (χ4n) is 2.16. The molecule has 2 nitrogen and oxygen atoms in total. The Morgan fingerprint density at radius 2 is 1.71 bits per heavy atom. The molecule has 0 aliphatic heterocycles. The normalized spacial score (nSPS) is 12.0.